The number of ether oxygens (including phenoxy) is 1. The number of hydrogen-bond acceptors (Lipinski definition) is 3. The maximum absolute atomic E-state index is 5.30. The first-order chi connectivity index (χ1) is 6.86. The topological polar surface area (TPSA) is 34.4 Å². The van der Waals surface area contributed by atoms with Crippen molar-refractivity contribution in [2.45, 2.75) is 25.3 Å². The predicted molar refractivity (Wildman–Crippen MR) is 56.4 cm³/mol. The van der Waals surface area contributed by atoms with Crippen LogP contribution in [0.25, 0.3) is 0 Å². The molecule has 0 aliphatic rings. The van der Waals surface area contributed by atoms with Gasteiger partial charge in [0.1, 0.15) is 5.76 Å². The molecule has 0 aliphatic carbocycles. The van der Waals surface area contributed by atoms with Crippen molar-refractivity contribution >= 4 is 0 Å². The van der Waals surface area contributed by atoms with Crippen LogP contribution in [0.3, 0.4) is 0 Å². The van der Waals surface area contributed by atoms with Crippen LogP contribution in [0.2, 0.25) is 0 Å². The number of likely N-dealkylation sites (N-methyl/N-ethyl adjacent to an activating group) is 1. The third kappa shape index (κ3) is 3.94. The molecular weight excluding hydrogens is 178 g/mol. The molecule has 0 bridgehead atoms. The van der Waals surface area contributed by atoms with Crippen molar-refractivity contribution in [3.05, 3.63) is 24.2 Å². The molecule has 0 saturated heterocycles. The lowest BCUT2D eigenvalue weighted by Crippen LogP contribution is -2.27. The average molecular weight is 197 g/mol. The van der Waals surface area contributed by atoms with E-state index in [0.29, 0.717) is 6.04 Å². The molecule has 0 amide bonds. The summed E-state index contributed by atoms with van der Waals surface area (Å²) in [6.45, 7) is 0.830. The molecule has 1 aromatic heterocycles. The second-order valence-corrected chi connectivity index (χ2v) is 3.40. The zero-order valence-corrected chi connectivity index (χ0v) is 8.95. The molecule has 3 nitrogen and oxygen atoms in total. The van der Waals surface area contributed by atoms with Crippen LogP contribution in [0.5, 0.6) is 0 Å². The molecule has 0 aliphatic heterocycles. The average Bonchev–Trinajstić information content (AvgIpc) is 2.69. The van der Waals surface area contributed by atoms with Crippen LogP contribution in [-0.2, 0) is 11.2 Å². The predicted octanol–water partition coefficient (Wildman–Crippen LogP) is 1.84. The third-order valence-corrected chi connectivity index (χ3v) is 2.34. The summed E-state index contributed by atoms with van der Waals surface area (Å²) in [5.74, 6) is 1.04. The summed E-state index contributed by atoms with van der Waals surface area (Å²) in [6.07, 6.45) is 4.87. The Bertz CT molecular complexity index is 221. The third-order valence-electron chi connectivity index (χ3n) is 2.34. The number of rotatable bonds is 7. The van der Waals surface area contributed by atoms with Crippen LogP contribution in [0.15, 0.2) is 22.8 Å². The first-order valence-corrected chi connectivity index (χ1v) is 5.05. The quantitative estimate of drug-likeness (QED) is 0.677. The molecule has 80 valence electrons. The fourth-order valence-corrected chi connectivity index (χ4v) is 1.49. The van der Waals surface area contributed by atoms with Gasteiger partial charge >= 0.3 is 0 Å². The van der Waals surface area contributed by atoms with Gasteiger partial charge in [-0.2, -0.15) is 0 Å². The molecule has 3 heteroatoms. The van der Waals surface area contributed by atoms with E-state index in [4.69, 9.17) is 9.15 Å². The molecule has 1 N–H and O–H groups in total. The molecule has 1 atom stereocenters. The minimum absolute atomic E-state index is 0.483. The van der Waals surface area contributed by atoms with Crippen molar-refractivity contribution in [3.8, 4) is 0 Å². The molecule has 0 aromatic carbocycles. The molecule has 1 unspecified atom stereocenters. The van der Waals surface area contributed by atoms with Crippen LogP contribution < -0.4 is 5.32 Å². The fraction of sp³-hybridized carbons (Fsp3) is 0.636. The summed E-state index contributed by atoms with van der Waals surface area (Å²) in [5.41, 5.74) is 0. The second-order valence-electron chi connectivity index (χ2n) is 3.40. The first-order valence-electron chi connectivity index (χ1n) is 5.05. The van der Waals surface area contributed by atoms with Gasteiger partial charge in [-0.05, 0) is 32.0 Å². The molecule has 0 saturated carbocycles. The SMILES string of the molecule is CNC(CCCOC)Cc1ccco1. The lowest BCUT2D eigenvalue weighted by Gasteiger charge is -2.14. The van der Waals surface area contributed by atoms with Gasteiger partial charge in [-0.25, -0.2) is 0 Å². The molecule has 14 heavy (non-hydrogen) atoms. The Morgan fingerprint density at radius 1 is 1.57 bits per heavy atom. The van der Waals surface area contributed by atoms with Crippen molar-refractivity contribution in [1.82, 2.24) is 5.32 Å². The van der Waals surface area contributed by atoms with Crippen molar-refractivity contribution in [2.24, 2.45) is 0 Å². The molecule has 1 heterocycles. The number of nitrogens with one attached hydrogen (secondary N) is 1. The van der Waals surface area contributed by atoms with E-state index in [1.165, 1.54) is 0 Å². The number of hydrogen-bond donors (Lipinski definition) is 1. The molecule has 1 rings (SSSR count). The van der Waals surface area contributed by atoms with E-state index in [2.05, 4.69) is 5.32 Å². The highest BCUT2D eigenvalue weighted by molar-refractivity contribution is 5.00. The highest BCUT2D eigenvalue weighted by Crippen LogP contribution is 2.07. The van der Waals surface area contributed by atoms with E-state index in [9.17, 15) is 0 Å². The maximum atomic E-state index is 5.30. The minimum atomic E-state index is 0.483. The van der Waals surface area contributed by atoms with Crippen molar-refractivity contribution < 1.29 is 9.15 Å². The summed E-state index contributed by atoms with van der Waals surface area (Å²) in [5, 5.41) is 3.28. The van der Waals surface area contributed by atoms with Crippen LogP contribution >= 0.6 is 0 Å². The lowest BCUT2D eigenvalue weighted by atomic mass is 10.1. The Morgan fingerprint density at radius 3 is 3.00 bits per heavy atom. The van der Waals surface area contributed by atoms with Gasteiger partial charge in [0.2, 0.25) is 0 Å². The Morgan fingerprint density at radius 2 is 2.43 bits per heavy atom. The van der Waals surface area contributed by atoms with Crippen LogP contribution in [0.1, 0.15) is 18.6 Å². The van der Waals surface area contributed by atoms with Crippen LogP contribution in [0.4, 0.5) is 0 Å². The normalized spacial score (nSPS) is 13.0. The van der Waals surface area contributed by atoms with Crippen molar-refractivity contribution in [2.75, 3.05) is 20.8 Å². The van der Waals surface area contributed by atoms with Gasteiger partial charge in [0.05, 0.1) is 6.26 Å². The molecule has 1 aromatic rings. The van der Waals surface area contributed by atoms with Crippen molar-refractivity contribution in [3.63, 3.8) is 0 Å². The number of methoxy groups -OCH3 is 1. The van der Waals surface area contributed by atoms with Gasteiger partial charge in [-0.1, -0.05) is 0 Å². The van der Waals surface area contributed by atoms with E-state index in [0.717, 1.165) is 31.6 Å². The van der Waals surface area contributed by atoms with Crippen LogP contribution in [0, 0.1) is 0 Å². The molecule has 0 fully saturated rings. The molecular formula is C11H19NO2. The van der Waals surface area contributed by atoms with Gasteiger partial charge in [0.15, 0.2) is 0 Å². The Balaban J connectivity index is 2.24. The highest BCUT2D eigenvalue weighted by Gasteiger charge is 2.08. The molecule has 0 radical (unpaired) electrons. The maximum Gasteiger partial charge on any atom is 0.105 e. The summed E-state index contributed by atoms with van der Waals surface area (Å²) in [6, 6.07) is 4.43. The Hall–Kier alpha value is -0.800. The van der Waals surface area contributed by atoms with Gasteiger partial charge in [0.25, 0.3) is 0 Å². The second kappa shape index (κ2) is 6.62. The minimum Gasteiger partial charge on any atom is -0.469 e. The van der Waals surface area contributed by atoms with E-state index in [-0.39, 0.29) is 0 Å². The monoisotopic (exact) mass is 197 g/mol. The summed E-state index contributed by atoms with van der Waals surface area (Å²) in [7, 11) is 3.72. The smallest absolute Gasteiger partial charge is 0.105 e. The van der Waals surface area contributed by atoms with Crippen molar-refractivity contribution in [1.29, 1.82) is 0 Å². The van der Waals surface area contributed by atoms with Gasteiger partial charge < -0.3 is 14.5 Å². The van der Waals surface area contributed by atoms with E-state index in [1.807, 2.05) is 19.2 Å². The van der Waals surface area contributed by atoms with E-state index in [1.54, 1.807) is 13.4 Å². The van der Waals surface area contributed by atoms with Crippen LogP contribution in [-0.4, -0.2) is 26.8 Å². The lowest BCUT2D eigenvalue weighted by molar-refractivity contribution is 0.188. The van der Waals surface area contributed by atoms with Gasteiger partial charge in [-0.3, -0.25) is 0 Å². The number of furan rings is 1. The summed E-state index contributed by atoms with van der Waals surface area (Å²) in [4.78, 5) is 0. The highest BCUT2D eigenvalue weighted by atomic mass is 16.5. The first kappa shape index (κ1) is 11.3. The summed E-state index contributed by atoms with van der Waals surface area (Å²) >= 11 is 0. The largest absolute Gasteiger partial charge is 0.469 e. The zero-order valence-electron chi connectivity index (χ0n) is 8.95. The Labute approximate surface area is 85.4 Å². The summed E-state index contributed by atoms with van der Waals surface area (Å²) < 4.78 is 10.3. The van der Waals surface area contributed by atoms with Gasteiger partial charge in [-0.15, -0.1) is 0 Å². The van der Waals surface area contributed by atoms with Gasteiger partial charge in [0, 0.05) is 26.2 Å². The zero-order chi connectivity index (χ0) is 10.2. The Kier molecular flexibility index (Phi) is 5.33. The van der Waals surface area contributed by atoms with E-state index < -0.39 is 0 Å². The standard InChI is InChI=1S/C11H19NO2/c1-12-10(5-3-7-13-2)9-11-6-4-8-14-11/h4,6,8,10,12H,3,5,7,9H2,1-2H3. The van der Waals surface area contributed by atoms with E-state index >= 15 is 0 Å². The fourth-order valence-electron chi connectivity index (χ4n) is 1.49. The molecule has 0 spiro atoms.